The number of amides is 1. The normalized spacial score (nSPS) is 17.6. The number of ether oxygens (including phenoxy) is 1. The summed E-state index contributed by atoms with van der Waals surface area (Å²) in [6.07, 6.45) is 4.01. The average Bonchev–Trinajstić information content (AvgIpc) is 2.49. The lowest BCUT2D eigenvalue weighted by Crippen LogP contribution is -2.33. The van der Waals surface area contributed by atoms with Crippen LogP contribution >= 0.6 is 12.4 Å². The van der Waals surface area contributed by atoms with E-state index in [9.17, 15) is 4.79 Å². The van der Waals surface area contributed by atoms with Crippen LogP contribution < -0.4 is 15.4 Å². The van der Waals surface area contributed by atoms with Gasteiger partial charge < -0.3 is 15.4 Å². The Morgan fingerprint density at radius 2 is 2.14 bits per heavy atom. The highest BCUT2D eigenvalue weighted by molar-refractivity contribution is 5.85. The second-order valence-electron chi connectivity index (χ2n) is 5.26. The summed E-state index contributed by atoms with van der Waals surface area (Å²) in [5, 5.41) is 6.36. The van der Waals surface area contributed by atoms with Gasteiger partial charge in [-0.05, 0) is 50.4 Å². The van der Waals surface area contributed by atoms with E-state index in [0.29, 0.717) is 18.9 Å². The standard InChI is InChI=1S/C16H24N2O2.ClH/c19-16(9-12-20-15-6-2-1-3-7-15)18-11-8-14-5-4-10-17-13-14;/h1-3,6-7,14,17H,4-5,8-13H2,(H,18,19);1H. The van der Waals surface area contributed by atoms with Crippen molar-refractivity contribution in [3.05, 3.63) is 30.3 Å². The van der Waals surface area contributed by atoms with E-state index in [-0.39, 0.29) is 18.3 Å². The maximum atomic E-state index is 11.7. The predicted octanol–water partition coefficient (Wildman–Crippen LogP) is 2.38. The van der Waals surface area contributed by atoms with Crippen LogP contribution in [-0.2, 0) is 4.79 Å². The zero-order valence-corrected chi connectivity index (χ0v) is 13.2. The van der Waals surface area contributed by atoms with Crippen molar-refractivity contribution >= 4 is 18.3 Å². The highest BCUT2D eigenvalue weighted by atomic mass is 35.5. The second kappa shape index (κ2) is 10.5. The Morgan fingerprint density at radius 1 is 1.33 bits per heavy atom. The number of benzene rings is 1. The Bertz CT molecular complexity index is 395. The van der Waals surface area contributed by atoms with E-state index in [1.165, 1.54) is 12.8 Å². The van der Waals surface area contributed by atoms with Crippen LogP contribution in [0.4, 0.5) is 0 Å². The maximum absolute atomic E-state index is 11.7. The summed E-state index contributed by atoms with van der Waals surface area (Å²) in [6, 6.07) is 9.59. The van der Waals surface area contributed by atoms with Crippen molar-refractivity contribution in [2.75, 3.05) is 26.2 Å². The number of nitrogens with one attached hydrogen (secondary N) is 2. The third kappa shape index (κ3) is 7.34. The molecule has 0 spiro atoms. The number of para-hydroxylation sites is 1. The van der Waals surface area contributed by atoms with E-state index >= 15 is 0 Å². The van der Waals surface area contributed by atoms with E-state index in [0.717, 1.165) is 31.8 Å². The number of hydrogen-bond donors (Lipinski definition) is 2. The monoisotopic (exact) mass is 312 g/mol. The Kier molecular flexibility index (Phi) is 8.87. The van der Waals surface area contributed by atoms with Crippen molar-refractivity contribution in [2.24, 2.45) is 5.92 Å². The molecule has 1 unspecified atom stereocenters. The van der Waals surface area contributed by atoms with Crippen LogP contribution in [0.25, 0.3) is 0 Å². The second-order valence-corrected chi connectivity index (χ2v) is 5.26. The van der Waals surface area contributed by atoms with Crippen LogP contribution in [0.2, 0.25) is 0 Å². The van der Waals surface area contributed by atoms with Crippen LogP contribution in [0, 0.1) is 5.92 Å². The van der Waals surface area contributed by atoms with Crippen LogP contribution in [0.15, 0.2) is 30.3 Å². The molecule has 0 aromatic heterocycles. The van der Waals surface area contributed by atoms with Crippen molar-refractivity contribution in [1.82, 2.24) is 10.6 Å². The fourth-order valence-corrected chi connectivity index (χ4v) is 2.45. The molecule has 0 aliphatic carbocycles. The molecule has 1 aliphatic rings. The summed E-state index contributed by atoms with van der Waals surface area (Å²) in [6.45, 7) is 3.43. The molecule has 1 aromatic carbocycles. The number of carbonyl (C=O) groups is 1. The zero-order valence-electron chi connectivity index (χ0n) is 12.3. The molecular weight excluding hydrogens is 288 g/mol. The predicted molar refractivity (Wildman–Crippen MR) is 87.0 cm³/mol. The summed E-state index contributed by atoms with van der Waals surface area (Å²) in [4.78, 5) is 11.7. The molecule has 1 atom stereocenters. The SMILES string of the molecule is Cl.O=C(CCOc1ccccc1)NCCC1CCCNC1. The molecule has 1 heterocycles. The lowest BCUT2D eigenvalue weighted by molar-refractivity contribution is -0.121. The maximum Gasteiger partial charge on any atom is 0.223 e. The van der Waals surface area contributed by atoms with E-state index in [1.54, 1.807) is 0 Å². The molecule has 1 amide bonds. The molecule has 4 nitrogen and oxygen atoms in total. The van der Waals surface area contributed by atoms with Gasteiger partial charge in [0, 0.05) is 6.54 Å². The average molecular weight is 313 g/mol. The Balaban J connectivity index is 0.00000220. The van der Waals surface area contributed by atoms with E-state index < -0.39 is 0 Å². The van der Waals surface area contributed by atoms with Gasteiger partial charge in [0.1, 0.15) is 5.75 Å². The van der Waals surface area contributed by atoms with Gasteiger partial charge in [0.2, 0.25) is 5.91 Å². The fraction of sp³-hybridized carbons (Fsp3) is 0.562. The van der Waals surface area contributed by atoms with Gasteiger partial charge in [-0.25, -0.2) is 0 Å². The molecule has 1 aromatic rings. The van der Waals surface area contributed by atoms with Gasteiger partial charge in [-0.2, -0.15) is 0 Å². The molecule has 2 rings (SSSR count). The number of halogens is 1. The smallest absolute Gasteiger partial charge is 0.223 e. The zero-order chi connectivity index (χ0) is 14.0. The van der Waals surface area contributed by atoms with Gasteiger partial charge >= 0.3 is 0 Å². The molecule has 118 valence electrons. The highest BCUT2D eigenvalue weighted by Crippen LogP contribution is 2.13. The highest BCUT2D eigenvalue weighted by Gasteiger charge is 2.12. The van der Waals surface area contributed by atoms with Crippen LogP contribution in [0.5, 0.6) is 5.75 Å². The summed E-state index contributed by atoms with van der Waals surface area (Å²) < 4.78 is 5.50. The Hall–Kier alpha value is -1.26. The summed E-state index contributed by atoms with van der Waals surface area (Å²) >= 11 is 0. The third-order valence-corrected chi connectivity index (χ3v) is 3.61. The summed E-state index contributed by atoms with van der Waals surface area (Å²) in [5.41, 5.74) is 0. The van der Waals surface area contributed by atoms with E-state index in [2.05, 4.69) is 10.6 Å². The van der Waals surface area contributed by atoms with Gasteiger partial charge in [0.15, 0.2) is 0 Å². The summed E-state index contributed by atoms with van der Waals surface area (Å²) in [5.74, 6) is 1.60. The summed E-state index contributed by atoms with van der Waals surface area (Å²) in [7, 11) is 0. The topological polar surface area (TPSA) is 50.4 Å². The van der Waals surface area contributed by atoms with Crippen LogP contribution in [0.1, 0.15) is 25.7 Å². The van der Waals surface area contributed by atoms with Gasteiger partial charge in [-0.3, -0.25) is 4.79 Å². The molecule has 1 aliphatic heterocycles. The van der Waals surface area contributed by atoms with Crippen LogP contribution in [0.3, 0.4) is 0 Å². The van der Waals surface area contributed by atoms with Gasteiger partial charge in [0.05, 0.1) is 13.0 Å². The first kappa shape index (κ1) is 17.8. The number of rotatable bonds is 7. The van der Waals surface area contributed by atoms with Gasteiger partial charge in [0.25, 0.3) is 0 Å². The third-order valence-electron chi connectivity index (χ3n) is 3.61. The van der Waals surface area contributed by atoms with E-state index in [4.69, 9.17) is 4.74 Å². The van der Waals surface area contributed by atoms with Crippen LogP contribution in [-0.4, -0.2) is 32.1 Å². The minimum atomic E-state index is 0. The number of piperidine rings is 1. The molecular formula is C16H25ClN2O2. The first-order valence-electron chi connectivity index (χ1n) is 7.50. The van der Waals surface area contributed by atoms with Gasteiger partial charge in [-0.1, -0.05) is 18.2 Å². The lowest BCUT2D eigenvalue weighted by Gasteiger charge is -2.22. The van der Waals surface area contributed by atoms with Crippen molar-refractivity contribution in [1.29, 1.82) is 0 Å². The van der Waals surface area contributed by atoms with Crippen molar-refractivity contribution in [2.45, 2.75) is 25.7 Å². The van der Waals surface area contributed by atoms with E-state index in [1.807, 2.05) is 30.3 Å². The minimum absolute atomic E-state index is 0. The first-order valence-corrected chi connectivity index (χ1v) is 7.50. The van der Waals surface area contributed by atoms with Gasteiger partial charge in [-0.15, -0.1) is 12.4 Å². The lowest BCUT2D eigenvalue weighted by atomic mass is 9.96. The Morgan fingerprint density at radius 3 is 2.86 bits per heavy atom. The van der Waals surface area contributed by atoms with Crippen molar-refractivity contribution in [3.8, 4) is 5.75 Å². The first-order chi connectivity index (χ1) is 9.84. The molecule has 0 bridgehead atoms. The molecule has 5 heteroatoms. The van der Waals surface area contributed by atoms with Crippen molar-refractivity contribution < 1.29 is 9.53 Å². The van der Waals surface area contributed by atoms with Crippen molar-refractivity contribution in [3.63, 3.8) is 0 Å². The minimum Gasteiger partial charge on any atom is -0.493 e. The quantitative estimate of drug-likeness (QED) is 0.813. The Labute approximate surface area is 133 Å². The molecule has 0 saturated carbocycles. The molecule has 1 fully saturated rings. The molecule has 21 heavy (non-hydrogen) atoms. The largest absolute Gasteiger partial charge is 0.493 e. The molecule has 0 radical (unpaired) electrons. The molecule has 1 saturated heterocycles. The molecule has 2 N–H and O–H groups in total. The number of carbonyl (C=O) groups excluding carboxylic acids is 1. The number of hydrogen-bond acceptors (Lipinski definition) is 3. The fourth-order valence-electron chi connectivity index (χ4n) is 2.45.